The normalized spacial score (nSPS) is 12.4. The fraction of sp³-hybridized carbons (Fsp3) is 0.148. The van der Waals surface area contributed by atoms with Gasteiger partial charge in [0, 0.05) is 11.1 Å². The van der Waals surface area contributed by atoms with Crippen molar-refractivity contribution in [2.45, 2.75) is 19.8 Å². The van der Waals surface area contributed by atoms with Gasteiger partial charge in [-0.1, -0.05) is 43.0 Å². The number of hydrogen-bond acceptors (Lipinski definition) is 4. The van der Waals surface area contributed by atoms with Crippen LogP contribution in [0.2, 0.25) is 0 Å². The van der Waals surface area contributed by atoms with Crippen molar-refractivity contribution in [3.8, 4) is 17.0 Å². The predicted octanol–water partition coefficient (Wildman–Crippen LogP) is 5.65. The van der Waals surface area contributed by atoms with Crippen molar-refractivity contribution in [3.05, 3.63) is 101 Å². The van der Waals surface area contributed by atoms with Crippen LogP contribution < -0.4 is 10.1 Å². The Morgan fingerprint density at radius 3 is 2.66 bits per heavy atom. The molecule has 0 saturated heterocycles. The van der Waals surface area contributed by atoms with Crippen molar-refractivity contribution in [1.29, 1.82) is 0 Å². The maximum atomic E-state index is 12.8. The van der Waals surface area contributed by atoms with Crippen molar-refractivity contribution < 1.29 is 9.53 Å². The van der Waals surface area contributed by atoms with Gasteiger partial charge in [0.25, 0.3) is 5.91 Å². The van der Waals surface area contributed by atoms with Gasteiger partial charge in [0.15, 0.2) is 5.82 Å². The molecule has 0 bridgehead atoms. The van der Waals surface area contributed by atoms with Gasteiger partial charge in [-0.3, -0.25) is 4.79 Å². The van der Waals surface area contributed by atoms with Gasteiger partial charge < -0.3 is 10.1 Å². The number of methoxy groups -OCH3 is 1. The molecular formula is C27H25N3O2. The zero-order chi connectivity index (χ0) is 22.5. The molecule has 1 aliphatic rings. The minimum Gasteiger partial charge on any atom is -0.497 e. The number of allylic oxidation sites excluding steroid dienone is 4. The molecule has 3 aromatic rings. The molecule has 0 aliphatic heterocycles. The molecule has 0 atom stereocenters. The average Bonchev–Trinajstić information content (AvgIpc) is 2.83. The zero-order valence-electron chi connectivity index (χ0n) is 18.3. The number of anilines is 1. The summed E-state index contributed by atoms with van der Waals surface area (Å²) in [5.41, 5.74) is 5.92. The lowest BCUT2D eigenvalue weighted by atomic mass is 9.91. The van der Waals surface area contributed by atoms with Crippen LogP contribution in [0.15, 0.2) is 78.9 Å². The highest BCUT2D eigenvalue weighted by atomic mass is 16.5. The maximum absolute atomic E-state index is 12.8. The molecule has 5 nitrogen and oxygen atoms in total. The second-order valence-electron chi connectivity index (χ2n) is 7.50. The van der Waals surface area contributed by atoms with Crippen molar-refractivity contribution in [1.82, 2.24) is 9.97 Å². The fourth-order valence-corrected chi connectivity index (χ4v) is 3.69. The Kier molecular flexibility index (Phi) is 6.26. The Hall–Kier alpha value is -3.99. The summed E-state index contributed by atoms with van der Waals surface area (Å²) in [4.78, 5) is 22.5. The van der Waals surface area contributed by atoms with Gasteiger partial charge in [0.05, 0.1) is 18.5 Å². The molecule has 1 aromatic heterocycles. The molecule has 0 saturated carbocycles. The summed E-state index contributed by atoms with van der Waals surface area (Å²) >= 11 is 0. The minimum absolute atomic E-state index is 0.220. The summed E-state index contributed by atoms with van der Waals surface area (Å²) in [6.45, 7) is 5.96. The topological polar surface area (TPSA) is 64.1 Å². The Bertz CT molecular complexity index is 1230. The Morgan fingerprint density at radius 2 is 1.91 bits per heavy atom. The molecule has 5 heteroatoms. The lowest BCUT2D eigenvalue weighted by Gasteiger charge is -2.21. The molecule has 32 heavy (non-hydrogen) atoms. The van der Waals surface area contributed by atoms with Crippen LogP contribution in [0.25, 0.3) is 17.3 Å². The van der Waals surface area contributed by atoms with Crippen LogP contribution in [0.5, 0.6) is 5.75 Å². The molecule has 4 rings (SSSR count). The van der Waals surface area contributed by atoms with Crippen molar-refractivity contribution >= 4 is 17.8 Å². The van der Waals surface area contributed by atoms with E-state index in [4.69, 9.17) is 14.7 Å². The molecule has 0 unspecified atom stereocenters. The molecule has 1 heterocycles. The summed E-state index contributed by atoms with van der Waals surface area (Å²) < 4.78 is 5.37. The number of nitrogens with one attached hydrogen (secondary N) is 1. The number of aromatic nitrogens is 2. The summed E-state index contributed by atoms with van der Waals surface area (Å²) in [6, 6.07) is 15.1. The first-order valence-corrected chi connectivity index (χ1v) is 10.5. The Morgan fingerprint density at radius 1 is 1.09 bits per heavy atom. The van der Waals surface area contributed by atoms with Crippen molar-refractivity contribution in [3.63, 3.8) is 0 Å². The van der Waals surface area contributed by atoms with E-state index >= 15 is 0 Å². The van der Waals surface area contributed by atoms with Gasteiger partial charge in [0.1, 0.15) is 11.4 Å². The Labute approximate surface area is 188 Å². The van der Waals surface area contributed by atoms with E-state index in [0.717, 1.165) is 41.1 Å². The average molecular weight is 424 g/mol. The maximum Gasteiger partial charge on any atom is 0.256 e. The van der Waals surface area contributed by atoms with Gasteiger partial charge in [0.2, 0.25) is 0 Å². The monoisotopic (exact) mass is 423 g/mol. The molecule has 1 amide bonds. The minimum atomic E-state index is -0.220. The van der Waals surface area contributed by atoms with E-state index in [1.165, 1.54) is 5.56 Å². The third-order valence-electron chi connectivity index (χ3n) is 5.30. The highest BCUT2D eigenvalue weighted by Gasteiger charge is 2.22. The van der Waals surface area contributed by atoms with E-state index in [-0.39, 0.29) is 5.91 Å². The molecule has 160 valence electrons. The van der Waals surface area contributed by atoms with Crippen LogP contribution in [-0.4, -0.2) is 23.0 Å². The van der Waals surface area contributed by atoms with E-state index in [1.54, 1.807) is 19.2 Å². The second-order valence-corrected chi connectivity index (χ2v) is 7.50. The van der Waals surface area contributed by atoms with Crippen LogP contribution in [0, 0.1) is 0 Å². The van der Waals surface area contributed by atoms with E-state index in [0.29, 0.717) is 17.1 Å². The van der Waals surface area contributed by atoms with Gasteiger partial charge >= 0.3 is 0 Å². The highest BCUT2D eigenvalue weighted by Crippen LogP contribution is 2.35. The number of fused-ring (bicyclic) bond motifs is 3. The fourth-order valence-electron chi connectivity index (χ4n) is 3.69. The summed E-state index contributed by atoms with van der Waals surface area (Å²) in [7, 11) is 1.67. The van der Waals surface area contributed by atoms with Crippen LogP contribution in [0.4, 0.5) is 5.82 Å². The number of carbonyl (C=O) groups is 1. The van der Waals surface area contributed by atoms with Gasteiger partial charge in [-0.15, -0.1) is 0 Å². The van der Waals surface area contributed by atoms with Crippen LogP contribution in [-0.2, 0) is 12.8 Å². The first-order valence-electron chi connectivity index (χ1n) is 10.5. The standard InChI is InChI=1S/C27H25N3O2/c1-4-8-18(2)11-15-24-26(30-27(31)19-9-6-5-7-10-19)29-23-16-12-20-17-21(32-3)13-14-22(20)25(23)28-24/h4-11,13-15,17H,2,12,16H2,1,3H3,(H,29,30,31)/b8-4-,15-11+. The number of nitrogens with zero attached hydrogens (tertiary/aromatic N) is 2. The van der Waals surface area contributed by atoms with E-state index < -0.39 is 0 Å². The lowest BCUT2D eigenvalue weighted by Crippen LogP contribution is -2.17. The van der Waals surface area contributed by atoms with Crippen molar-refractivity contribution in [2.75, 3.05) is 12.4 Å². The van der Waals surface area contributed by atoms with Gasteiger partial charge in [-0.25, -0.2) is 9.97 Å². The molecule has 0 radical (unpaired) electrons. The molecule has 0 fully saturated rings. The first-order chi connectivity index (χ1) is 15.6. The van der Waals surface area contributed by atoms with Gasteiger partial charge in [-0.2, -0.15) is 0 Å². The molecular weight excluding hydrogens is 398 g/mol. The first kappa shape index (κ1) is 21.2. The smallest absolute Gasteiger partial charge is 0.256 e. The number of ether oxygens (including phenoxy) is 1. The van der Waals surface area contributed by atoms with E-state index in [1.807, 2.05) is 61.6 Å². The predicted molar refractivity (Wildman–Crippen MR) is 129 cm³/mol. The second kappa shape index (κ2) is 9.43. The van der Waals surface area contributed by atoms with Crippen LogP contribution in [0.1, 0.15) is 34.2 Å². The van der Waals surface area contributed by atoms with Crippen LogP contribution >= 0.6 is 0 Å². The number of hydrogen-bond donors (Lipinski definition) is 1. The third-order valence-corrected chi connectivity index (χ3v) is 5.30. The summed E-state index contributed by atoms with van der Waals surface area (Å²) in [5, 5.41) is 2.94. The third kappa shape index (κ3) is 4.52. The number of benzene rings is 2. The summed E-state index contributed by atoms with van der Waals surface area (Å²) in [5.74, 6) is 1.05. The molecule has 1 N–H and O–H groups in total. The summed E-state index contributed by atoms with van der Waals surface area (Å²) in [6.07, 6.45) is 9.12. The molecule has 0 spiro atoms. The number of amides is 1. The number of rotatable bonds is 6. The van der Waals surface area contributed by atoms with Crippen molar-refractivity contribution in [2.24, 2.45) is 0 Å². The molecule has 2 aromatic carbocycles. The van der Waals surface area contributed by atoms with Crippen LogP contribution in [0.3, 0.4) is 0 Å². The molecule has 1 aliphatic carbocycles. The van der Waals surface area contributed by atoms with Gasteiger partial charge in [-0.05, 0) is 67.3 Å². The number of aryl methyl sites for hydroxylation is 2. The van der Waals surface area contributed by atoms with E-state index in [2.05, 4.69) is 18.0 Å². The van der Waals surface area contributed by atoms with E-state index in [9.17, 15) is 4.79 Å². The SMILES string of the molecule is C=C(/C=C\C)/C=C/c1nc2c(nc1NC(=O)c1ccccc1)CCc1cc(OC)ccc1-2. The quantitative estimate of drug-likeness (QED) is 0.521. The zero-order valence-corrected chi connectivity index (χ0v) is 18.3. The highest BCUT2D eigenvalue weighted by molar-refractivity contribution is 6.04. The number of carbonyl (C=O) groups excluding carboxylic acids is 1. The largest absolute Gasteiger partial charge is 0.497 e. The lowest BCUT2D eigenvalue weighted by molar-refractivity contribution is 0.102. The Balaban J connectivity index is 1.77.